The molecule has 28 heavy (non-hydrogen) atoms. The third-order valence-corrected chi connectivity index (χ3v) is 4.52. The van der Waals surface area contributed by atoms with Gasteiger partial charge in [0, 0.05) is 24.7 Å². The number of carbonyl (C=O) groups excluding carboxylic acids is 1. The van der Waals surface area contributed by atoms with Gasteiger partial charge in [0.2, 0.25) is 5.95 Å². The Labute approximate surface area is 159 Å². The lowest BCUT2D eigenvalue weighted by Gasteiger charge is -2.01. The summed E-state index contributed by atoms with van der Waals surface area (Å²) in [5, 5.41) is 14.7. The van der Waals surface area contributed by atoms with Gasteiger partial charge in [0.15, 0.2) is 0 Å². The molecule has 0 saturated heterocycles. The number of nitrogens with zero attached hydrogens (tertiary/aromatic N) is 1. The Morgan fingerprint density at radius 3 is 3.00 bits per heavy atom. The van der Waals surface area contributed by atoms with Gasteiger partial charge in [-0.3, -0.25) is 9.59 Å². The highest BCUT2D eigenvalue weighted by Gasteiger charge is 2.28. The molecule has 2 aromatic heterocycles. The van der Waals surface area contributed by atoms with Crippen LogP contribution in [-0.2, 0) is 9.59 Å². The topological polar surface area (TPSA) is 132 Å². The summed E-state index contributed by atoms with van der Waals surface area (Å²) in [5.74, 6) is 0.134. The van der Waals surface area contributed by atoms with E-state index in [0.29, 0.717) is 52.7 Å². The number of amides is 1. The number of fused-ring (bicyclic) bond motifs is 3. The number of methoxy groups -OCH3 is 1. The van der Waals surface area contributed by atoms with E-state index in [9.17, 15) is 9.59 Å². The molecule has 0 radical (unpaired) electrons. The molecule has 9 heteroatoms. The number of rotatable bonds is 7. The summed E-state index contributed by atoms with van der Waals surface area (Å²) in [6.45, 7) is 0.480. The van der Waals surface area contributed by atoms with Gasteiger partial charge in [-0.15, -0.1) is 0 Å². The van der Waals surface area contributed by atoms with E-state index in [0.717, 1.165) is 5.52 Å². The molecular weight excluding hydrogens is 362 g/mol. The first kappa shape index (κ1) is 17.7. The summed E-state index contributed by atoms with van der Waals surface area (Å²) < 4.78 is 5.30. The van der Waals surface area contributed by atoms with Gasteiger partial charge in [-0.25, -0.2) is 4.98 Å². The van der Waals surface area contributed by atoms with Crippen molar-refractivity contribution < 1.29 is 19.4 Å². The highest BCUT2D eigenvalue weighted by Crippen LogP contribution is 2.38. The molecule has 9 nitrogen and oxygen atoms in total. The van der Waals surface area contributed by atoms with Crippen molar-refractivity contribution in [1.82, 2.24) is 15.0 Å². The molecule has 144 valence electrons. The second-order valence-corrected chi connectivity index (χ2v) is 6.37. The lowest BCUT2D eigenvalue weighted by atomic mass is 10.0. The summed E-state index contributed by atoms with van der Waals surface area (Å²) in [4.78, 5) is 33.9. The third kappa shape index (κ3) is 3.18. The van der Waals surface area contributed by atoms with Gasteiger partial charge in [-0.1, -0.05) is 0 Å². The summed E-state index contributed by atoms with van der Waals surface area (Å²) in [6.07, 6.45) is 4.07. The number of carboxylic acids is 1. The predicted molar refractivity (Wildman–Crippen MR) is 105 cm³/mol. The van der Waals surface area contributed by atoms with Crippen LogP contribution in [0.3, 0.4) is 0 Å². The molecule has 3 aromatic rings. The summed E-state index contributed by atoms with van der Waals surface area (Å²) in [5.41, 5.74) is 4.03. The van der Waals surface area contributed by atoms with Crippen LogP contribution in [0.4, 0.5) is 11.6 Å². The van der Waals surface area contributed by atoms with Gasteiger partial charge < -0.3 is 30.4 Å². The lowest BCUT2D eigenvalue weighted by Crippen LogP contribution is -2.05. The maximum absolute atomic E-state index is 12.5. The van der Waals surface area contributed by atoms with Gasteiger partial charge in [0.1, 0.15) is 11.3 Å². The van der Waals surface area contributed by atoms with Crippen LogP contribution in [0.2, 0.25) is 0 Å². The van der Waals surface area contributed by atoms with Crippen LogP contribution in [-0.4, -0.2) is 45.6 Å². The van der Waals surface area contributed by atoms with Gasteiger partial charge in [0.05, 0.1) is 29.6 Å². The number of nitrogens with one attached hydrogen (secondary N) is 4. The Morgan fingerprint density at radius 1 is 1.36 bits per heavy atom. The highest BCUT2D eigenvalue weighted by molar-refractivity contribution is 6.37. The largest absolute Gasteiger partial charge is 0.495 e. The Morgan fingerprint density at radius 2 is 2.21 bits per heavy atom. The number of carboxylic acid groups (broad SMARTS) is 1. The minimum absolute atomic E-state index is 0.0892. The van der Waals surface area contributed by atoms with Crippen molar-refractivity contribution in [2.45, 2.75) is 12.8 Å². The van der Waals surface area contributed by atoms with Crippen LogP contribution >= 0.6 is 0 Å². The standard InChI is InChI=1S/C19H19N5O4/c1-28-14-6-8-20-13(14)9-10-16-11(22-18(10)27)4-5-12-17(16)24-19(23-12)21-7-2-3-15(25)26/h4-6,8-9,20H,2-3,7H2,1H3,(H,22,27)(H,25,26)(H2,21,23,24)/b10-9-. The van der Waals surface area contributed by atoms with Crippen molar-refractivity contribution in [3.05, 3.63) is 35.7 Å². The molecule has 4 rings (SSSR count). The van der Waals surface area contributed by atoms with Crippen LogP contribution in [0.15, 0.2) is 24.4 Å². The van der Waals surface area contributed by atoms with Crippen LogP contribution in [0, 0.1) is 0 Å². The first-order valence-corrected chi connectivity index (χ1v) is 8.80. The molecular formula is C19H19N5O4. The van der Waals surface area contributed by atoms with E-state index < -0.39 is 5.97 Å². The zero-order valence-corrected chi connectivity index (χ0v) is 15.1. The molecule has 0 spiro atoms. The quantitative estimate of drug-likeness (QED) is 0.316. The maximum atomic E-state index is 12.5. The first-order chi connectivity index (χ1) is 13.6. The molecule has 1 amide bonds. The van der Waals surface area contributed by atoms with Gasteiger partial charge in [-0.2, -0.15) is 0 Å². The fourth-order valence-corrected chi connectivity index (χ4v) is 3.23. The number of anilines is 2. The number of aliphatic carboxylic acids is 1. The Bertz CT molecular complexity index is 1100. The summed E-state index contributed by atoms with van der Waals surface area (Å²) in [7, 11) is 1.57. The SMILES string of the molecule is COc1cc[nH]c1/C=C1\C(=O)Nc2ccc3[nH]c(NCCCC(=O)O)nc3c21. The van der Waals surface area contributed by atoms with Crippen LogP contribution in [0.1, 0.15) is 24.1 Å². The number of carbonyl (C=O) groups is 2. The number of ether oxygens (including phenoxy) is 1. The monoisotopic (exact) mass is 381 g/mol. The third-order valence-electron chi connectivity index (χ3n) is 4.52. The lowest BCUT2D eigenvalue weighted by molar-refractivity contribution is -0.137. The Balaban J connectivity index is 1.69. The van der Waals surface area contributed by atoms with Crippen molar-refractivity contribution in [3.8, 4) is 5.75 Å². The molecule has 0 atom stereocenters. The number of imidazole rings is 1. The number of benzene rings is 1. The van der Waals surface area contributed by atoms with E-state index in [-0.39, 0.29) is 12.3 Å². The Kier molecular flexibility index (Phi) is 4.48. The second kappa shape index (κ2) is 7.10. The van der Waals surface area contributed by atoms with Crippen molar-refractivity contribution >= 4 is 46.2 Å². The van der Waals surface area contributed by atoms with E-state index in [2.05, 4.69) is 25.6 Å². The fraction of sp³-hybridized carbons (Fsp3) is 0.211. The molecule has 1 aliphatic heterocycles. The molecule has 3 heterocycles. The van der Waals surface area contributed by atoms with E-state index in [1.165, 1.54) is 0 Å². The number of H-pyrrole nitrogens is 2. The first-order valence-electron chi connectivity index (χ1n) is 8.80. The van der Waals surface area contributed by atoms with Crippen LogP contribution < -0.4 is 15.4 Å². The van der Waals surface area contributed by atoms with Crippen LogP contribution in [0.5, 0.6) is 5.75 Å². The zero-order valence-electron chi connectivity index (χ0n) is 15.1. The molecule has 0 aliphatic carbocycles. The second-order valence-electron chi connectivity index (χ2n) is 6.37. The minimum Gasteiger partial charge on any atom is -0.495 e. The van der Waals surface area contributed by atoms with Crippen LogP contribution in [0.25, 0.3) is 22.7 Å². The number of hydrogen-bond donors (Lipinski definition) is 5. The molecule has 0 saturated carbocycles. The van der Waals surface area contributed by atoms with E-state index >= 15 is 0 Å². The van der Waals surface area contributed by atoms with Crippen molar-refractivity contribution in [2.75, 3.05) is 24.3 Å². The van der Waals surface area contributed by atoms with Gasteiger partial charge in [0.25, 0.3) is 5.91 Å². The maximum Gasteiger partial charge on any atom is 0.303 e. The number of aromatic nitrogens is 3. The average molecular weight is 381 g/mol. The smallest absolute Gasteiger partial charge is 0.303 e. The normalized spacial score (nSPS) is 14.3. The molecule has 0 bridgehead atoms. The molecule has 5 N–H and O–H groups in total. The van der Waals surface area contributed by atoms with Crippen molar-refractivity contribution in [2.24, 2.45) is 0 Å². The molecule has 1 aromatic carbocycles. The van der Waals surface area contributed by atoms with E-state index in [1.807, 2.05) is 12.1 Å². The average Bonchev–Trinajstić information content (AvgIpc) is 3.36. The van der Waals surface area contributed by atoms with Crippen molar-refractivity contribution in [3.63, 3.8) is 0 Å². The Hall–Kier alpha value is -3.75. The van der Waals surface area contributed by atoms with Crippen molar-refractivity contribution in [1.29, 1.82) is 0 Å². The molecule has 0 fully saturated rings. The fourth-order valence-electron chi connectivity index (χ4n) is 3.23. The minimum atomic E-state index is -0.830. The summed E-state index contributed by atoms with van der Waals surface area (Å²) in [6, 6.07) is 5.46. The molecule has 0 unspecified atom stereocenters. The van der Waals surface area contributed by atoms with E-state index in [4.69, 9.17) is 9.84 Å². The predicted octanol–water partition coefficient (Wildman–Crippen LogP) is 2.67. The van der Waals surface area contributed by atoms with Gasteiger partial charge in [-0.05, 0) is 30.7 Å². The zero-order chi connectivity index (χ0) is 19.7. The highest BCUT2D eigenvalue weighted by atomic mass is 16.5. The number of hydrogen-bond acceptors (Lipinski definition) is 5. The summed E-state index contributed by atoms with van der Waals surface area (Å²) >= 11 is 0. The van der Waals surface area contributed by atoms with Gasteiger partial charge >= 0.3 is 5.97 Å². The molecule has 1 aliphatic rings. The van der Waals surface area contributed by atoms with E-state index in [1.54, 1.807) is 25.4 Å². The number of aromatic amines is 2.